The van der Waals surface area contributed by atoms with Gasteiger partial charge in [-0.05, 0) is 42.9 Å². The molecule has 0 unspecified atom stereocenters. The summed E-state index contributed by atoms with van der Waals surface area (Å²) in [7, 11) is 1.87. The second-order valence-electron chi connectivity index (χ2n) is 6.05. The van der Waals surface area contributed by atoms with Gasteiger partial charge in [-0.2, -0.15) is 0 Å². The molecule has 0 radical (unpaired) electrons. The van der Waals surface area contributed by atoms with E-state index in [-0.39, 0.29) is 11.3 Å². The van der Waals surface area contributed by atoms with Crippen molar-refractivity contribution >= 4 is 11.6 Å². The minimum atomic E-state index is -0.283. The largest absolute Gasteiger partial charge is 0.329 e. The van der Waals surface area contributed by atoms with E-state index < -0.39 is 0 Å². The van der Waals surface area contributed by atoms with E-state index in [1.165, 1.54) is 5.56 Å². The highest BCUT2D eigenvalue weighted by Gasteiger charge is 2.50. The summed E-state index contributed by atoms with van der Waals surface area (Å²) in [5.41, 5.74) is 8.88. The van der Waals surface area contributed by atoms with Crippen LogP contribution in [-0.2, 0) is 4.79 Å². The molecule has 0 saturated heterocycles. The number of anilines is 1. The molecule has 1 aromatic rings. The first-order valence-corrected chi connectivity index (χ1v) is 7.00. The molecule has 0 heterocycles. The first-order chi connectivity index (χ1) is 8.91. The Hall–Kier alpha value is -1.35. The number of amides is 1. The molecule has 1 fully saturated rings. The number of carbonyl (C=O) groups excluding carboxylic acids is 1. The maximum atomic E-state index is 12.5. The van der Waals surface area contributed by atoms with Crippen molar-refractivity contribution in [2.75, 3.05) is 18.5 Å². The zero-order valence-corrected chi connectivity index (χ0v) is 12.4. The lowest BCUT2D eigenvalue weighted by Gasteiger charge is -2.25. The molecule has 3 heteroatoms. The summed E-state index contributed by atoms with van der Waals surface area (Å²) in [6.45, 7) is 6.83. The van der Waals surface area contributed by atoms with Gasteiger partial charge in [0.1, 0.15) is 0 Å². The Morgan fingerprint density at radius 2 is 2.05 bits per heavy atom. The molecule has 2 rings (SSSR count). The number of benzene rings is 1. The van der Waals surface area contributed by atoms with Crippen molar-refractivity contribution in [3.05, 3.63) is 29.3 Å². The summed E-state index contributed by atoms with van der Waals surface area (Å²) in [5, 5.41) is 0. The van der Waals surface area contributed by atoms with Gasteiger partial charge in [0.05, 0.1) is 5.41 Å². The van der Waals surface area contributed by atoms with E-state index in [0.29, 0.717) is 12.5 Å². The van der Waals surface area contributed by atoms with Gasteiger partial charge in [-0.15, -0.1) is 0 Å². The van der Waals surface area contributed by atoms with E-state index in [1.807, 2.05) is 14.0 Å². The van der Waals surface area contributed by atoms with Crippen molar-refractivity contribution in [1.82, 2.24) is 0 Å². The third-order valence-electron chi connectivity index (χ3n) is 4.26. The lowest BCUT2D eigenvalue weighted by Crippen LogP contribution is -2.38. The van der Waals surface area contributed by atoms with Gasteiger partial charge in [-0.3, -0.25) is 4.79 Å². The van der Waals surface area contributed by atoms with Gasteiger partial charge in [-0.25, -0.2) is 0 Å². The second kappa shape index (κ2) is 4.97. The molecular formula is C16H24N2O. The molecule has 0 atom stereocenters. The number of carbonyl (C=O) groups is 1. The monoisotopic (exact) mass is 260 g/mol. The molecule has 0 spiro atoms. The zero-order valence-electron chi connectivity index (χ0n) is 12.4. The van der Waals surface area contributed by atoms with E-state index in [4.69, 9.17) is 5.73 Å². The summed E-state index contributed by atoms with van der Waals surface area (Å²) in [6, 6.07) is 6.36. The van der Waals surface area contributed by atoms with E-state index in [2.05, 4.69) is 32.0 Å². The van der Waals surface area contributed by atoms with Crippen molar-refractivity contribution in [3.8, 4) is 0 Å². The first kappa shape index (κ1) is 14.1. The molecule has 1 amide bonds. The van der Waals surface area contributed by atoms with Crippen molar-refractivity contribution in [3.63, 3.8) is 0 Å². The van der Waals surface area contributed by atoms with E-state index in [1.54, 1.807) is 4.90 Å². The van der Waals surface area contributed by atoms with Crippen molar-refractivity contribution in [2.45, 2.75) is 39.5 Å². The predicted octanol–water partition coefficient (Wildman–Crippen LogP) is 2.82. The van der Waals surface area contributed by atoms with Crippen LogP contribution in [0.3, 0.4) is 0 Å². The topological polar surface area (TPSA) is 46.3 Å². The molecule has 1 aliphatic carbocycles. The van der Waals surface area contributed by atoms with Crippen LogP contribution in [0.15, 0.2) is 18.2 Å². The van der Waals surface area contributed by atoms with Crippen LogP contribution in [0, 0.1) is 12.3 Å². The quantitative estimate of drug-likeness (QED) is 0.905. The molecule has 0 aromatic heterocycles. The van der Waals surface area contributed by atoms with Gasteiger partial charge in [0, 0.05) is 19.3 Å². The number of nitrogens with zero attached hydrogens (tertiary/aromatic N) is 1. The Balaban J connectivity index is 2.30. The van der Waals surface area contributed by atoms with E-state index >= 15 is 0 Å². The van der Waals surface area contributed by atoms with Crippen LogP contribution in [0.1, 0.15) is 43.7 Å². The van der Waals surface area contributed by atoms with Gasteiger partial charge >= 0.3 is 0 Å². The maximum Gasteiger partial charge on any atom is 0.234 e. The van der Waals surface area contributed by atoms with Crippen molar-refractivity contribution < 1.29 is 4.79 Å². The minimum absolute atomic E-state index is 0.166. The first-order valence-electron chi connectivity index (χ1n) is 7.00. The molecular weight excluding hydrogens is 236 g/mol. The normalized spacial score (nSPS) is 16.5. The fourth-order valence-electron chi connectivity index (χ4n) is 2.47. The Morgan fingerprint density at radius 3 is 2.53 bits per heavy atom. The molecule has 1 aliphatic rings. The van der Waals surface area contributed by atoms with Crippen LogP contribution >= 0.6 is 0 Å². The van der Waals surface area contributed by atoms with Crippen LogP contribution in [-0.4, -0.2) is 19.5 Å². The van der Waals surface area contributed by atoms with E-state index in [0.717, 1.165) is 24.1 Å². The smallest absolute Gasteiger partial charge is 0.234 e. The summed E-state index contributed by atoms with van der Waals surface area (Å²) in [4.78, 5) is 14.3. The van der Waals surface area contributed by atoms with Gasteiger partial charge in [0.15, 0.2) is 0 Å². The fourth-order valence-corrected chi connectivity index (χ4v) is 2.47. The van der Waals surface area contributed by atoms with Crippen LogP contribution in [0.5, 0.6) is 0 Å². The summed E-state index contributed by atoms with van der Waals surface area (Å²) in [5.74, 6) is 0.631. The maximum absolute atomic E-state index is 12.5. The number of hydrogen-bond donors (Lipinski definition) is 1. The van der Waals surface area contributed by atoms with Crippen LogP contribution in [0.25, 0.3) is 0 Å². The molecule has 0 aliphatic heterocycles. The summed E-state index contributed by atoms with van der Waals surface area (Å²) in [6.07, 6.45) is 1.85. The molecule has 104 valence electrons. The average Bonchev–Trinajstić information content (AvgIpc) is 3.18. The Morgan fingerprint density at radius 1 is 1.42 bits per heavy atom. The Labute approximate surface area is 115 Å². The minimum Gasteiger partial charge on any atom is -0.329 e. The Kier molecular flexibility index (Phi) is 3.68. The van der Waals surface area contributed by atoms with Gasteiger partial charge < -0.3 is 10.6 Å². The average molecular weight is 260 g/mol. The van der Waals surface area contributed by atoms with Gasteiger partial charge in [0.2, 0.25) is 5.91 Å². The fraction of sp³-hybridized carbons (Fsp3) is 0.562. The second-order valence-corrected chi connectivity index (χ2v) is 6.05. The zero-order chi connectivity index (χ0) is 14.2. The van der Waals surface area contributed by atoms with Crippen LogP contribution < -0.4 is 10.6 Å². The molecule has 0 bridgehead atoms. The molecule has 3 nitrogen and oxygen atoms in total. The van der Waals surface area contributed by atoms with Crippen LogP contribution in [0.2, 0.25) is 0 Å². The summed E-state index contributed by atoms with van der Waals surface area (Å²) >= 11 is 0. The lowest BCUT2D eigenvalue weighted by molar-refractivity contribution is -0.123. The highest BCUT2D eigenvalue weighted by atomic mass is 16.2. The number of nitrogens with two attached hydrogens (primary N) is 1. The van der Waals surface area contributed by atoms with Crippen molar-refractivity contribution in [1.29, 1.82) is 0 Å². The standard InChI is InChI=1S/C16H24N2O/c1-11(2)13-6-5-12(3)14(9-13)18(4)15(19)16(10-17)7-8-16/h5-6,9,11H,7-8,10,17H2,1-4H3. The lowest BCUT2D eigenvalue weighted by atomic mass is 9.99. The highest BCUT2D eigenvalue weighted by molar-refractivity contribution is 5.99. The van der Waals surface area contributed by atoms with Crippen LogP contribution in [0.4, 0.5) is 5.69 Å². The van der Waals surface area contributed by atoms with Gasteiger partial charge in [-0.1, -0.05) is 26.0 Å². The number of rotatable bonds is 4. The van der Waals surface area contributed by atoms with E-state index in [9.17, 15) is 4.79 Å². The predicted molar refractivity (Wildman–Crippen MR) is 79.4 cm³/mol. The molecule has 19 heavy (non-hydrogen) atoms. The van der Waals surface area contributed by atoms with Gasteiger partial charge in [0.25, 0.3) is 0 Å². The van der Waals surface area contributed by atoms with Crippen molar-refractivity contribution in [2.24, 2.45) is 11.1 Å². The SMILES string of the molecule is Cc1ccc(C(C)C)cc1N(C)C(=O)C1(CN)CC1. The molecule has 2 N–H and O–H groups in total. The number of aryl methyl sites for hydroxylation is 1. The Bertz CT molecular complexity index is 490. The molecule has 1 saturated carbocycles. The third kappa shape index (κ3) is 2.52. The number of hydrogen-bond acceptors (Lipinski definition) is 2. The molecule has 1 aromatic carbocycles. The third-order valence-corrected chi connectivity index (χ3v) is 4.26. The highest BCUT2D eigenvalue weighted by Crippen LogP contribution is 2.46. The summed E-state index contributed by atoms with van der Waals surface area (Å²) < 4.78 is 0.